The van der Waals surface area contributed by atoms with E-state index in [1.165, 1.54) is 11.3 Å². The van der Waals surface area contributed by atoms with Crippen molar-refractivity contribution in [2.24, 2.45) is 5.10 Å². The van der Waals surface area contributed by atoms with Crippen LogP contribution in [0.4, 0.5) is 5.69 Å². The first-order valence-corrected chi connectivity index (χ1v) is 11.3. The van der Waals surface area contributed by atoms with Crippen LogP contribution in [0.25, 0.3) is 6.08 Å². The minimum atomic E-state index is -0.505. The summed E-state index contributed by atoms with van der Waals surface area (Å²) in [5.41, 5.74) is 4.96. The fraction of sp³-hybridized carbons (Fsp3) is 0.160. The molecule has 164 valence electrons. The van der Waals surface area contributed by atoms with E-state index in [9.17, 15) is 9.59 Å². The highest BCUT2D eigenvalue weighted by Crippen LogP contribution is 2.16. The van der Waals surface area contributed by atoms with E-state index in [-0.39, 0.29) is 11.6 Å². The summed E-state index contributed by atoms with van der Waals surface area (Å²) in [5.74, 6) is -0.871. The summed E-state index contributed by atoms with van der Waals surface area (Å²) in [5, 5.41) is 8.64. The Morgan fingerprint density at radius 3 is 2.31 bits per heavy atom. The summed E-state index contributed by atoms with van der Waals surface area (Å²) < 4.78 is 0. The van der Waals surface area contributed by atoms with E-state index in [1.54, 1.807) is 36.6 Å². The van der Waals surface area contributed by atoms with Crippen LogP contribution in [0.1, 0.15) is 34.6 Å². The zero-order chi connectivity index (χ0) is 22.8. The Bertz CT molecular complexity index is 1070. The molecule has 2 aromatic carbocycles. The molecule has 1 aromatic heterocycles. The largest absolute Gasteiger partial charge is 0.372 e. The highest BCUT2D eigenvalue weighted by atomic mass is 32.1. The van der Waals surface area contributed by atoms with Crippen molar-refractivity contribution in [3.05, 3.63) is 93.8 Å². The normalized spacial score (nSPS) is 11.4. The first kappa shape index (κ1) is 23.0. The molecular weight excluding hydrogens is 420 g/mol. The van der Waals surface area contributed by atoms with Crippen LogP contribution in [-0.4, -0.2) is 31.1 Å². The van der Waals surface area contributed by atoms with Gasteiger partial charge in [0.2, 0.25) is 0 Å². The molecule has 1 heterocycles. The molecule has 0 unspecified atom stereocenters. The number of rotatable bonds is 9. The van der Waals surface area contributed by atoms with E-state index in [4.69, 9.17) is 0 Å². The Hall–Kier alpha value is -3.71. The van der Waals surface area contributed by atoms with Crippen molar-refractivity contribution in [2.75, 3.05) is 18.0 Å². The van der Waals surface area contributed by atoms with Gasteiger partial charge in [0, 0.05) is 29.2 Å². The van der Waals surface area contributed by atoms with E-state index in [0.29, 0.717) is 5.56 Å². The minimum Gasteiger partial charge on any atom is -0.372 e. The molecule has 2 N–H and O–H groups in total. The highest BCUT2D eigenvalue weighted by molar-refractivity contribution is 7.11. The molecule has 0 aliphatic rings. The molecule has 0 saturated carbocycles. The third kappa shape index (κ3) is 6.39. The average molecular weight is 447 g/mol. The number of carbonyl (C=O) groups excluding carboxylic acids is 2. The maximum absolute atomic E-state index is 12.8. The van der Waals surface area contributed by atoms with E-state index >= 15 is 0 Å². The topological polar surface area (TPSA) is 73.8 Å². The second-order valence-electron chi connectivity index (χ2n) is 6.86. The highest BCUT2D eigenvalue weighted by Gasteiger charge is 2.14. The van der Waals surface area contributed by atoms with Gasteiger partial charge in [0.05, 0.1) is 6.21 Å². The van der Waals surface area contributed by atoms with Gasteiger partial charge in [-0.05, 0) is 61.2 Å². The van der Waals surface area contributed by atoms with Crippen molar-refractivity contribution in [1.29, 1.82) is 0 Å². The predicted molar refractivity (Wildman–Crippen MR) is 132 cm³/mol. The third-order valence-corrected chi connectivity index (χ3v) is 5.57. The summed E-state index contributed by atoms with van der Waals surface area (Å²) in [6.07, 6.45) is 3.21. The lowest BCUT2D eigenvalue weighted by Crippen LogP contribution is -2.32. The van der Waals surface area contributed by atoms with Crippen LogP contribution in [0.2, 0.25) is 0 Å². The molecule has 3 rings (SSSR count). The van der Waals surface area contributed by atoms with Crippen LogP contribution in [0, 0.1) is 0 Å². The quantitative estimate of drug-likeness (QED) is 0.288. The lowest BCUT2D eigenvalue weighted by atomic mass is 10.1. The molecule has 0 spiro atoms. The second-order valence-corrected chi connectivity index (χ2v) is 7.84. The van der Waals surface area contributed by atoms with Gasteiger partial charge in [0.25, 0.3) is 11.8 Å². The van der Waals surface area contributed by atoms with Gasteiger partial charge >= 0.3 is 0 Å². The molecule has 0 atom stereocenters. The maximum Gasteiger partial charge on any atom is 0.287 e. The lowest BCUT2D eigenvalue weighted by molar-refractivity contribution is -0.117. The Morgan fingerprint density at radius 2 is 1.69 bits per heavy atom. The molecule has 3 aromatic rings. The predicted octanol–water partition coefficient (Wildman–Crippen LogP) is 4.52. The molecule has 0 aliphatic heterocycles. The summed E-state index contributed by atoms with van der Waals surface area (Å²) >= 11 is 1.51. The Kier molecular flexibility index (Phi) is 8.34. The number of anilines is 1. The number of amides is 2. The zero-order valence-corrected chi connectivity index (χ0v) is 18.9. The summed E-state index contributed by atoms with van der Waals surface area (Å²) in [7, 11) is 0. The number of hydrazone groups is 1. The van der Waals surface area contributed by atoms with Gasteiger partial charge in [-0.3, -0.25) is 9.59 Å². The smallest absolute Gasteiger partial charge is 0.287 e. The van der Waals surface area contributed by atoms with Crippen molar-refractivity contribution in [1.82, 2.24) is 10.7 Å². The van der Waals surface area contributed by atoms with E-state index in [0.717, 1.165) is 29.2 Å². The Morgan fingerprint density at radius 1 is 0.969 bits per heavy atom. The number of hydrogen-bond donors (Lipinski definition) is 2. The fourth-order valence-corrected chi connectivity index (χ4v) is 3.64. The van der Waals surface area contributed by atoms with E-state index in [1.807, 2.05) is 47.8 Å². The lowest BCUT2D eigenvalue weighted by Gasteiger charge is -2.20. The van der Waals surface area contributed by atoms with Gasteiger partial charge in [-0.2, -0.15) is 5.10 Å². The third-order valence-electron chi connectivity index (χ3n) is 4.76. The van der Waals surface area contributed by atoms with Gasteiger partial charge in [-0.1, -0.05) is 36.4 Å². The van der Waals surface area contributed by atoms with Crippen molar-refractivity contribution in [3.63, 3.8) is 0 Å². The number of nitrogens with one attached hydrogen (secondary N) is 2. The molecular formula is C25H26N4O2S. The molecule has 0 bridgehead atoms. The first-order valence-electron chi connectivity index (χ1n) is 10.4. The number of carbonyl (C=O) groups is 2. The fourth-order valence-electron chi connectivity index (χ4n) is 3.06. The van der Waals surface area contributed by atoms with Crippen LogP contribution in [0.5, 0.6) is 0 Å². The van der Waals surface area contributed by atoms with Crippen molar-refractivity contribution in [3.8, 4) is 0 Å². The molecule has 0 aliphatic carbocycles. The molecule has 0 saturated heterocycles. The van der Waals surface area contributed by atoms with Gasteiger partial charge in [-0.15, -0.1) is 11.3 Å². The van der Waals surface area contributed by atoms with Crippen molar-refractivity contribution < 1.29 is 9.59 Å². The number of thiophene rings is 1. The molecule has 7 heteroatoms. The van der Waals surface area contributed by atoms with Crippen LogP contribution in [0.15, 0.2) is 82.9 Å². The standard InChI is InChI=1S/C25H26N4O2S/c1-3-29(4-2)21-14-12-19(13-15-21)17-23(27-24(30)20-9-6-5-7-10-20)25(31)28-26-18-22-11-8-16-32-22/h5-18H,3-4H2,1-2H3,(H,27,30)(H,28,31). The molecule has 0 radical (unpaired) electrons. The number of benzene rings is 2. The van der Waals surface area contributed by atoms with Gasteiger partial charge in [-0.25, -0.2) is 5.43 Å². The van der Waals surface area contributed by atoms with Crippen molar-refractivity contribution >= 4 is 41.1 Å². The van der Waals surface area contributed by atoms with Crippen LogP contribution >= 0.6 is 11.3 Å². The summed E-state index contributed by atoms with van der Waals surface area (Å²) in [6.45, 7) is 6.04. The molecule has 2 amide bonds. The SMILES string of the molecule is CCN(CC)c1ccc(C=C(NC(=O)c2ccccc2)C(=O)NN=Cc2cccs2)cc1. The van der Waals surface area contributed by atoms with E-state index in [2.05, 4.69) is 34.6 Å². The van der Waals surface area contributed by atoms with Crippen molar-refractivity contribution in [2.45, 2.75) is 13.8 Å². The average Bonchev–Trinajstić information content (AvgIpc) is 3.34. The van der Waals surface area contributed by atoms with Gasteiger partial charge in [0.1, 0.15) is 5.70 Å². The number of hydrogen-bond acceptors (Lipinski definition) is 5. The molecule has 6 nitrogen and oxygen atoms in total. The Balaban J connectivity index is 1.81. The second kappa shape index (κ2) is 11.6. The van der Waals surface area contributed by atoms with Crippen LogP contribution < -0.4 is 15.6 Å². The zero-order valence-electron chi connectivity index (χ0n) is 18.1. The van der Waals surface area contributed by atoms with Gasteiger partial charge in [0.15, 0.2) is 0 Å². The van der Waals surface area contributed by atoms with E-state index < -0.39 is 5.91 Å². The molecule has 32 heavy (non-hydrogen) atoms. The number of nitrogens with zero attached hydrogens (tertiary/aromatic N) is 2. The van der Waals surface area contributed by atoms with Crippen LogP contribution in [0.3, 0.4) is 0 Å². The first-order chi connectivity index (χ1) is 15.6. The van der Waals surface area contributed by atoms with Crippen LogP contribution in [-0.2, 0) is 4.79 Å². The summed E-state index contributed by atoms with van der Waals surface area (Å²) in [6, 6.07) is 20.4. The van der Waals surface area contributed by atoms with Gasteiger partial charge < -0.3 is 10.2 Å². The molecule has 0 fully saturated rings. The Labute approximate surface area is 192 Å². The summed E-state index contributed by atoms with van der Waals surface area (Å²) in [4.78, 5) is 28.6. The minimum absolute atomic E-state index is 0.109. The monoisotopic (exact) mass is 446 g/mol. The maximum atomic E-state index is 12.8.